The molecule has 0 aromatic carbocycles. The zero-order chi connectivity index (χ0) is 8.27. The molecule has 0 N–H and O–H groups in total. The second-order valence-electron chi connectivity index (χ2n) is 2.63. The Morgan fingerprint density at radius 1 is 1.73 bits per heavy atom. The molecule has 1 aliphatic heterocycles. The molecular weight excluding hydrogens is 160 g/mol. The van der Waals surface area contributed by atoms with Crippen molar-refractivity contribution in [3.8, 4) is 0 Å². The van der Waals surface area contributed by atoms with Crippen LogP contribution < -0.4 is 0 Å². The number of hydrogen-bond donors (Lipinski definition) is 0. The van der Waals surface area contributed by atoms with Crippen molar-refractivity contribution >= 4 is 17.7 Å². The fourth-order valence-corrected chi connectivity index (χ4v) is 1.95. The van der Waals surface area contributed by atoms with Crippen molar-refractivity contribution in [1.82, 2.24) is 0 Å². The summed E-state index contributed by atoms with van der Waals surface area (Å²) in [5.41, 5.74) is 0.566. The van der Waals surface area contributed by atoms with E-state index in [0.717, 1.165) is 18.6 Å². The SMILES string of the molecule is C=C(C)C(=O)OC1CCCS1. The summed E-state index contributed by atoms with van der Waals surface area (Å²) in [7, 11) is 0. The molecule has 1 rings (SSSR count). The smallest absolute Gasteiger partial charge is 0.334 e. The van der Waals surface area contributed by atoms with Gasteiger partial charge in [-0.05, 0) is 25.5 Å². The highest BCUT2D eigenvalue weighted by molar-refractivity contribution is 8.00. The Kier molecular flexibility index (Phi) is 3.00. The fraction of sp³-hybridized carbons (Fsp3) is 0.625. The van der Waals surface area contributed by atoms with E-state index in [-0.39, 0.29) is 11.4 Å². The number of esters is 1. The van der Waals surface area contributed by atoms with Gasteiger partial charge >= 0.3 is 5.97 Å². The zero-order valence-corrected chi connectivity index (χ0v) is 7.45. The lowest BCUT2D eigenvalue weighted by molar-refractivity contribution is -0.140. The minimum atomic E-state index is -0.260. The summed E-state index contributed by atoms with van der Waals surface area (Å²) in [5, 5.41) is 0. The molecule has 11 heavy (non-hydrogen) atoms. The quantitative estimate of drug-likeness (QED) is 0.470. The summed E-state index contributed by atoms with van der Waals surface area (Å²) in [6.07, 6.45) is 2.14. The Morgan fingerprint density at radius 3 is 2.91 bits per heavy atom. The van der Waals surface area contributed by atoms with Gasteiger partial charge in [-0.3, -0.25) is 0 Å². The van der Waals surface area contributed by atoms with Crippen LogP contribution in [0.15, 0.2) is 12.2 Å². The van der Waals surface area contributed by atoms with Gasteiger partial charge in [0.05, 0.1) is 0 Å². The van der Waals surface area contributed by atoms with E-state index in [4.69, 9.17) is 4.74 Å². The third kappa shape index (κ3) is 2.58. The minimum Gasteiger partial charge on any atom is -0.448 e. The standard InChI is InChI=1S/C8H12O2S/c1-6(2)8(9)10-7-4-3-5-11-7/h7H,1,3-5H2,2H3. The first-order valence-electron chi connectivity index (χ1n) is 3.68. The number of hydrogen-bond acceptors (Lipinski definition) is 3. The third-order valence-electron chi connectivity index (χ3n) is 1.47. The lowest BCUT2D eigenvalue weighted by Crippen LogP contribution is -2.12. The number of thioether (sulfide) groups is 1. The van der Waals surface area contributed by atoms with Gasteiger partial charge in [0.25, 0.3) is 0 Å². The predicted octanol–water partition coefficient (Wildman–Crippen LogP) is 1.96. The summed E-state index contributed by atoms with van der Waals surface area (Å²) < 4.78 is 5.10. The van der Waals surface area contributed by atoms with Crippen LogP contribution in [-0.2, 0) is 9.53 Å². The molecule has 0 radical (unpaired) electrons. The maximum Gasteiger partial charge on any atom is 0.334 e. The average molecular weight is 172 g/mol. The Hall–Kier alpha value is -0.440. The second kappa shape index (κ2) is 3.81. The Balaban J connectivity index is 2.29. The molecule has 1 unspecified atom stereocenters. The van der Waals surface area contributed by atoms with Crippen LogP contribution in [0.2, 0.25) is 0 Å². The van der Waals surface area contributed by atoms with Gasteiger partial charge in [-0.15, -0.1) is 11.8 Å². The second-order valence-corrected chi connectivity index (χ2v) is 3.90. The van der Waals surface area contributed by atoms with Gasteiger partial charge in [-0.1, -0.05) is 6.58 Å². The lowest BCUT2D eigenvalue weighted by Gasteiger charge is -2.09. The van der Waals surface area contributed by atoms with Crippen LogP contribution in [0, 0.1) is 0 Å². The Bertz CT molecular complexity index is 171. The fourth-order valence-electron chi connectivity index (χ4n) is 0.861. The monoisotopic (exact) mass is 172 g/mol. The van der Waals surface area contributed by atoms with Crippen LogP contribution in [0.5, 0.6) is 0 Å². The molecule has 1 aliphatic rings. The molecule has 0 saturated carbocycles. The van der Waals surface area contributed by atoms with E-state index in [0.29, 0.717) is 5.57 Å². The number of rotatable bonds is 2. The van der Waals surface area contributed by atoms with Gasteiger partial charge in [0.15, 0.2) is 0 Å². The van der Waals surface area contributed by atoms with Crippen LogP contribution >= 0.6 is 11.8 Å². The first-order valence-corrected chi connectivity index (χ1v) is 4.73. The maximum atomic E-state index is 11.0. The number of carbonyl (C=O) groups is 1. The van der Waals surface area contributed by atoms with Gasteiger partial charge in [-0.25, -0.2) is 4.79 Å². The van der Waals surface area contributed by atoms with Crippen molar-refractivity contribution in [3.63, 3.8) is 0 Å². The van der Waals surface area contributed by atoms with Crippen molar-refractivity contribution in [3.05, 3.63) is 12.2 Å². The molecule has 2 nitrogen and oxygen atoms in total. The molecule has 0 spiro atoms. The molecule has 0 aromatic rings. The Labute approximate surface area is 71.0 Å². The highest BCUT2D eigenvalue weighted by atomic mass is 32.2. The van der Waals surface area contributed by atoms with Crippen molar-refractivity contribution in [2.75, 3.05) is 5.75 Å². The van der Waals surface area contributed by atoms with Crippen molar-refractivity contribution in [2.24, 2.45) is 0 Å². The summed E-state index contributed by atoms with van der Waals surface area (Å²) in [6.45, 7) is 5.18. The van der Waals surface area contributed by atoms with Gasteiger partial charge in [0, 0.05) is 5.57 Å². The highest BCUT2D eigenvalue weighted by Crippen LogP contribution is 2.27. The summed E-state index contributed by atoms with van der Waals surface area (Å²) >= 11 is 1.70. The summed E-state index contributed by atoms with van der Waals surface area (Å²) in [4.78, 5) is 11.0. The normalized spacial score (nSPS) is 23.2. The van der Waals surface area contributed by atoms with Gasteiger partial charge in [0.2, 0.25) is 0 Å². The van der Waals surface area contributed by atoms with E-state index in [1.54, 1.807) is 18.7 Å². The summed E-state index contributed by atoms with van der Waals surface area (Å²) in [6, 6.07) is 0. The average Bonchev–Trinajstić information content (AvgIpc) is 2.39. The van der Waals surface area contributed by atoms with E-state index in [2.05, 4.69) is 6.58 Å². The van der Waals surface area contributed by atoms with E-state index in [9.17, 15) is 4.79 Å². The van der Waals surface area contributed by atoms with Crippen LogP contribution in [0.4, 0.5) is 0 Å². The van der Waals surface area contributed by atoms with Crippen molar-refractivity contribution in [1.29, 1.82) is 0 Å². The maximum absolute atomic E-state index is 11.0. The van der Waals surface area contributed by atoms with E-state index < -0.39 is 0 Å². The van der Waals surface area contributed by atoms with Crippen molar-refractivity contribution in [2.45, 2.75) is 25.2 Å². The largest absolute Gasteiger partial charge is 0.448 e. The van der Waals surface area contributed by atoms with E-state index in [1.165, 1.54) is 0 Å². The molecule has 1 fully saturated rings. The van der Waals surface area contributed by atoms with Gasteiger partial charge < -0.3 is 4.74 Å². The molecule has 0 aromatic heterocycles. The van der Waals surface area contributed by atoms with E-state index >= 15 is 0 Å². The van der Waals surface area contributed by atoms with E-state index in [1.807, 2.05) is 0 Å². The molecule has 0 amide bonds. The number of ether oxygens (including phenoxy) is 1. The molecule has 1 atom stereocenters. The van der Waals surface area contributed by atoms with Crippen molar-refractivity contribution < 1.29 is 9.53 Å². The topological polar surface area (TPSA) is 26.3 Å². The summed E-state index contributed by atoms with van der Waals surface area (Å²) in [5.74, 6) is 0.845. The zero-order valence-electron chi connectivity index (χ0n) is 6.63. The minimum absolute atomic E-state index is 0.0826. The molecule has 1 saturated heterocycles. The van der Waals surface area contributed by atoms with Crippen LogP contribution in [-0.4, -0.2) is 17.2 Å². The molecule has 62 valence electrons. The molecule has 0 aliphatic carbocycles. The first-order chi connectivity index (χ1) is 5.20. The van der Waals surface area contributed by atoms with Crippen LogP contribution in [0.25, 0.3) is 0 Å². The molecule has 1 heterocycles. The van der Waals surface area contributed by atoms with Crippen LogP contribution in [0.1, 0.15) is 19.8 Å². The Morgan fingerprint density at radius 2 is 2.45 bits per heavy atom. The number of carbonyl (C=O) groups excluding carboxylic acids is 1. The molecule has 3 heteroatoms. The van der Waals surface area contributed by atoms with Crippen LogP contribution in [0.3, 0.4) is 0 Å². The highest BCUT2D eigenvalue weighted by Gasteiger charge is 2.19. The molecule has 0 bridgehead atoms. The first kappa shape index (κ1) is 8.65. The third-order valence-corrected chi connectivity index (χ3v) is 2.70. The molecular formula is C8H12O2S. The predicted molar refractivity (Wildman–Crippen MR) is 46.4 cm³/mol. The van der Waals surface area contributed by atoms with Gasteiger partial charge in [0.1, 0.15) is 5.44 Å². The lowest BCUT2D eigenvalue weighted by atomic mass is 10.3. The van der Waals surface area contributed by atoms with Gasteiger partial charge in [-0.2, -0.15) is 0 Å².